The number of hydrogen-bond acceptors (Lipinski definition) is 6. The second-order valence-corrected chi connectivity index (χ2v) is 9.80. The summed E-state index contributed by atoms with van der Waals surface area (Å²) >= 11 is 0. The number of hydrogen-bond donors (Lipinski definition) is 1. The van der Waals surface area contributed by atoms with Gasteiger partial charge in [0.05, 0.1) is 0 Å². The molecular formula is C32H30N2O5. The quantitative estimate of drug-likeness (QED) is 0.203. The van der Waals surface area contributed by atoms with Gasteiger partial charge in [0, 0.05) is 13.1 Å². The molecule has 198 valence electrons. The number of nitrogens with zero attached hydrogens (tertiary/aromatic N) is 2. The lowest BCUT2D eigenvalue weighted by molar-refractivity contribution is -0.152. The molecule has 0 aliphatic rings. The molecular weight excluding hydrogens is 492 g/mol. The molecule has 0 saturated carbocycles. The molecule has 1 N–H and O–H groups in total. The van der Waals surface area contributed by atoms with Crippen molar-refractivity contribution >= 4 is 23.1 Å². The maximum atomic E-state index is 11.5. The molecule has 0 saturated heterocycles. The molecule has 4 aromatic carbocycles. The first kappa shape index (κ1) is 25.9. The van der Waals surface area contributed by atoms with Crippen molar-refractivity contribution in [2.45, 2.75) is 39.1 Å². The average Bonchev–Trinajstić information content (AvgIpc) is 3.37. The Balaban J connectivity index is 1.35. The summed E-state index contributed by atoms with van der Waals surface area (Å²) in [6.45, 7) is 4.58. The second kappa shape index (κ2) is 11.3. The highest BCUT2D eigenvalue weighted by Crippen LogP contribution is 2.27. The fraction of sp³-hybridized carbons (Fsp3) is 0.188. The van der Waals surface area contributed by atoms with Crippen molar-refractivity contribution in [2.75, 3.05) is 4.90 Å². The number of fused-ring (bicyclic) bond motifs is 1. The van der Waals surface area contributed by atoms with Gasteiger partial charge in [0.25, 0.3) is 6.01 Å². The van der Waals surface area contributed by atoms with Crippen LogP contribution in [0, 0.1) is 0 Å². The third-order valence-electron chi connectivity index (χ3n) is 6.26. The summed E-state index contributed by atoms with van der Waals surface area (Å²) in [5.41, 5.74) is 3.25. The van der Waals surface area contributed by atoms with Crippen LogP contribution in [-0.4, -0.2) is 21.7 Å². The van der Waals surface area contributed by atoms with Crippen LogP contribution in [0.25, 0.3) is 11.1 Å². The first-order valence-corrected chi connectivity index (χ1v) is 12.7. The van der Waals surface area contributed by atoms with Gasteiger partial charge in [-0.2, -0.15) is 4.98 Å². The molecule has 1 aromatic heterocycles. The van der Waals surface area contributed by atoms with Crippen molar-refractivity contribution in [3.05, 3.63) is 120 Å². The van der Waals surface area contributed by atoms with Gasteiger partial charge in [-0.15, -0.1) is 0 Å². The maximum Gasteiger partial charge on any atom is 0.347 e. The molecule has 0 bridgehead atoms. The number of rotatable bonds is 11. The van der Waals surface area contributed by atoms with E-state index in [1.165, 1.54) is 13.8 Å². The zero-order chi connectivity index (χ0) is 27.2. The minimum Gasteiger partial charge on any atom is -0.489 e. The number of para-hydroxylation sites is 2. The summed E-state index contributed by atoms with van der Waals surface area (Å²) in [6.07, 6.45) is 0. The van der Waals surface area contributed by atoms with Crippen molar-refractivity contribution in [2.24, 2.45) is 0 Å². The van der Waals surface area contributed by atoms with Crippen LogP contribution in [0.15, 0.2) is 108 Å². The molecule has 39 heavy (non-hydrogen) atoms. The Hall–Kier alpha value is -4.78. The molecule has 0 unspecified atom stereocenters. The van der Waals surface area contributed by atoms with Crippen LogP contribution < -0.4 is 14.4 Å². The van der Waals surface area contributed by atoms with E-state index in [2.05, 4.69) is 0 Å². The van der Waals surface area contributed by atoms with Crippen LogP contribution in [0.5, 0.6) is 11.5 Å². The maximum absolute atomic E-state index is 11.5. The van der Waals surface area contributed by atoms with Gasteiger partial charge in [-0.1, -0.05) is 66.7 Å². The van der Waals surface area contributed by atoms with Gasteiger partial charge in [0.1, 0.15) is 23.6 Å². The van der Waals surface area contributed by atoms with E-state index in [4.69, 9.17) is 18.9 Å². The van der Waals surface area contributed by atoms with Gasteiger partial charge in [-0.3, -0.25) is 0 Å². The summed E-state index contributed by atoms with van der Waals surface area (Å²) in [5.74, 6) is 0.247. The number of carbonyl (C=O) groups is 1. The number of aromatic nitrogens is 1. The normalized spacial score (nSPS) is 11.3. The van der Waals surface area contributed by atoms with Gasteiger partial charge in [-0.05, 0) is 66.9 Å². The molecule has 0 atom stereocenters. The first-order valence-electron chi connectivity index (χ1n) is 12.7. The first-order chi connectivity index (χ1) is 18.9. The minimum absolute atomic E-state index is 0.476. The van der Waals surface area contributed by atoms with Crippen molar-refractivity contribution in [3.63, 3.8) is 0 Å². The summed E-state index contributed by atoms with van der Waals surface area (Å²) in [4.78, 5) is 18.3. The van der Waals surface area contributed by atoms with E-state index in [0.29, 0.717) is 37.0 Å². The molecule has 0 fully saturated rings. The van der Waals surface area contributed by atoms with Gasteiger partial charge < -0.3 is 23.9 Å². The van der Waals surface area contributed by atoms with E-state index >= 15 is 0 Å². The number of ether oxygens (including phenoxy) is 2. The second-order valence-electron chi connectivity index (χ2n) is 9.80. The number of aliphatic carboxylic acids is 1. The van der Waals surface area contributed by atoms with Crippen LogP contribution in [-0.2, 0) is 24.5 Å². The predicted molar refractivity (Wildman–Crippen MR) is 150 cm³/mol. The van der Waals surface area contributed by atoms with E-state index in [-0.39, 0.29) is 0 Å². The Morgan fingerprint density at radius 3 is 2.26 bits per heavy atom. The molecule has 0 aliphatic carbocycles. The predicted octanol–water partition coefficient (Wildman–Crippen LogP) is 6.86. The Labute approximate surface area is 227 Å². The third-order valence-corrected chi connectivity index (χ3v) is 6.26. The molecule has 1 heterocycles. The van der Waals surface area contributed by atoms with E-state index in [1.807, 2.05) is 102 Å². The zero-order valence-electron chi connectivity index (χ0n) is 21.9. The molecule has 5 rings (SSSR count). The Morgan fingerprint density at radius 1 is 0.821 bits per heavy atom. The largest absolute Gasteiger partial charge is 0.489 e. The van der Waals surface area contributed by atoms with Crippen molar-refractivity contribution < 1.29 is 23.8 Å². The molecule has 0 spiro atoms. The van der Waals surface area contributed by atoms with Crippen LogP contribution in [0.4, 0.5) is 6.01 Å². The van der Waals surface area contributed by atoms with Crippen LogP contribution in [0.3, 0.4) is 0 Å². The van der Waals surface area contributed by atoms with E-state index in [1.54, 1.807) is 6.07 Å². The highest BCUT2D eigenvalue weighted by molar-refractivity contribution is 5.77. The van der Waals surface area contributed by atoms with Crippen LogP contribution in [0.1, 0.15) is 30.5 Å². The number of anilines is 1. The average molecular weight is 523 g/mol. The zero-order valence-corrected chi connectivity index (χ0v) is 21.9. The molecule has 5 aromatic rings. The third kappa shape index (κ3) is 6.57. The number of carboxylic acids is 1. The van der Waals surface area contributed by atoms with Crippen LogP contribution >= 0.6 is 0 Å². The lowest BCUT2D eigenvalue weighted by Crippen LogP contribution is -2.37. The lowest BCUT2D eigenvalue weighted by Gasteiger charge is -2.23. The molecule has 7 nitrogen and oxygen atoms in total. The van der Waals surface area contributed by atoms with Crippen molar-refractivity contribution in [3.8, 4) is 11.5 Å². The summed E-state index contributed by atoms with van der Waals surface area (Å²) in [5, 5.41) is 9.45. The van der Waals surface area contributed by atoms with Gasteiger partial charge in [0.15, 0.2) is 11.2 Å². The topological polar surface area (TPSA) is 85.0 Å². The minimum atomic E-state index is -1.34. The Morgan fingerprint density at radius 2 is 1.51 bits per heavy atom. The molecule has 0 radical (unpaired) electrons. The fourth-order valence-corrected chi connectivity index (χ4v) is 4.10. The lowest BCUT2D eigenvalue weighted by atomic mass is 10.1. The smallest absolute Gasteiger partial charge is 0.347 e. The van der Waals surface area contributed by atoms with Gasteiger partial charge in [0.2, 0.25) is 0 Å². The van der Waals surface area contributed by atoms with Gasteiger partial charge in [-0.25, -0.2) is 4.79 Å². The summed E-state index contributed by atoms with van der Waals surface area (Å²) in [6, 6.07) is 33.6. The van der Waals surface area contributed by atoms with Crippen molar-refractivity contribution in [1.29, 1.82) is 0 Å². The number of oxazole rings is 1. The molecule has 7 heteroatoms. The highest BCUT2D eigenvalue weighted by Gasteiger charge is 2.29. The Bertz CT molecular complexity index is 1510. The highest BCUT2D eigenvalue weighted by atomic mass is 16.5. The van der Waals surface area contributed by atoms with E-state index < -0.39 is 11.6 Å². The monoisotopic (exact) mass is 522 g/mol. The van der Waals surface area contributed by atoms with E-state index in [9.17, 15) is 9.90 Å². The van der Waals surface area contributed by atoms with Crippen molar-refractivity contribution in [1.82, 2.24) is 4.98 Å². The van der Waals surface area contributed by atoms with Gasteiger partial charge >= 0.3 is 5.97 Å². The SMILES string of the molecule is CC(C)(Oc1cccc(CN(Cc2ccc(OCc3ccccc3)cc2)c2nc3ccccc3o2)c1)C(=O)O. The fourth-order valence-electron chi connectivity index (χ4n) is 4.10. The standard InChI is InChI=1S/C32H30N2O5/c1-32(2,30(35)36)39-27-12-8-11-25(19-27)21-34(31-33-28-13-6-7-14-29(28)38-31)20-23-15-17-26(18-16-23)37-22-24-9-4-3-5-10-24/h3-19H,20-22H2,1-2H3,(H,35,36). The van der Waals surface area contributed by atoms with Crippen LogP contribution in [0.2, 0.25) is 0 Å². The Kier molecular flexibility index (Phi) is 7.50. The number of carboxylic acid groups (broad SMARTS) is 1. The summed E-state index contributed by atoms with van der Waals surface area (Å²) < 4.78 is 17.8. The summed E-state index contributed by atoms with van der Waals surface area (Å²) in [7, 11) is 0. The molecule has 0 aliphatic heterocycles. The van der Waals surface area contributed by atoms with E-state index in [0.717, 1.165) is 28.0 Å². The molecule has 0 amide bonds. The number of benzene rings is 4.